The molecule has 0 radical (unpaired) electrons. The van der Waals surface area contributed by atoms with Crippen LogP contribution in [0.2, 0.25) is 0 Å². The minimum absolute atomic E-state index is 0.510. The molecule has 1 heterocycles. The molecule has 0 aliphatic rings. The standard InChI is InChI=1S/C11H12F3N3.C2H6/c1-9(6-10(2)11(12,13)14)4-3-5-17-8-15-7-16-17;1-2/h3-8H,1-2H3;1-2H3/b5-3+,9-4-,10-6+;. The van der Waals surface area contributed by atoms with Crippen molar-refractivity contribution in [2.75, 3.05) is 0 Å². The molecule has 1 rings (SSSR count). The van der Waals surface area contributed by atoms with E-state index in [1.807, 2.05) is 13.8 Å². The number of nitrogens with zero attached hydrogens (tertiary/aromatic N) is 3. The summed E-state index contributed by atoms with van der Waals surface area (Å²) in [7, 11) is 0. The van der Waals surface area contributed by atoms with Crippen LogP contribution >= 0.6 is 0 Å². The van der Waals surface area contributed by atoms with Gasteiger partial charge in [0.05, 0.1) is 0 Å². The van der Waals surface area contributed by atoms with Crippen LogP contribution in [0.15, 0.2) is 42.0 Å². The van der Waals surface area contributed by atoms with E-state index >= 15 is 0 Å². The number of halogens is 3. The van der Waals surface area contributed by atoms with Crippen molar-refractivity contribution in [3.05, 3.63) is 42.0 Å². The van der Waals surface area contributed by atoms with E-state index in [2.05, 4.69) is 10.1 Å². The average Bonchev–Trinajstić information content (AvgIpc) is 2.83. The molecule has 0 spiro atoms. The summed E-state index contributed by atoms with van der Waals surface area (Å²) in [5, 5.41) is 3.81. The summed E-state index contributed by atoms with van der Waals surface area (Å²) in [6.45, 7) is 6.64. The maximum Gasteiger partial charge on any atom is 0.412 e. The average molecular weight is 273 g/mol. The molecule has 1 aromatic rings. The van der Waals surface area contributed by atoms with Crippen LogP contribution in [-0.2, 0) is 0 Å². The van der Waals surface area contributed by atoms with Crippen molar-refractivity contribution in [1.29, 1.82) is 0 Å². The summed E-state index contributed by atoms with van der Waals surface area (Å²) in [5.41, 5.74) is -0.114. The van der Waals surface area contributed by atoms with Crippen LogP contribution in [0.4, 0.5) is 13.2 Å². The molecule has 0 unspecified atom stereocenters. The number of alkyl halides is 3. The van der Waals surface area contributed by atoms with Crippen LogP contribution < -0.4 is 0 Å². The quantitative estimate of drug-likeness (QED) is 0.771. The second-order valence-electron chi connectivity index (χ2n) is 3.45. The van der Waals surface area contributed by atoms with Crippen LogP contribution in [0.1, 0.15) is 27.7 Å². The van der Waals surface area contributed by atoms with E-state index in [0.717, 1.165) is 13.0 Å². The summed E-state index contributed by atoms with van der Waals surface area (Å²) in [4.78, 5) is 3.72. The van der Waals surface area contributed by atoms with Gasteiger partial charge in [-0.25, -0.2) is 9.67 Å². The molecule has 0 saturated carbocycles. The topological polar surface area (TPSA) is 30.7 Å². The lowest BCUT2D eigenvalue weighted by Crippen LogP contribution is -2.08. The molecule has 0 N–H and O–H groups in total. The molecule has 0 amide bonds. The van der Waals surface area contributed by atoms with E-state index in [1.54, 1.807) is 25.3 Å². The molecule has 0 aliphatic carbocycles. The summed E-state index contributed by atoms with van der Waals surface area (Å²) in [6.07, 6.45) is 4.43. The van der Waals surface area contributed by atoms with Gasteiger partial charge in [0.2, 0.25) is 0 Å². The summed E-state index contributed by atoms with van der Waals surface area (Å²) < 4.78 is 38.1. The molecule has 0 bridgehead atoms. The van der Waals surface area contributed by atoms with Gasteiger partial charge in [-0.15, -0.1) is 0 Å². The number of allylic oxidation sites excluding steroid dienone is 5. The van der Waals surface area contributed by atoms with E-state index in [1.165, 1.54) is 17.3 Å². The molecule has 3 nitrogen and oxygen atoms in total. The maximum absolute atomic E-state index is 12.2. The van der Waals surface area contributed by atoms with Crippen molar-refractivity contribution in [2.45, 2.75) is 33.9 Å². The molecule has 0 aromatic carbocycles. The molecule has 0 saturated heterocycles. The first-order valence-electron chi connectivity index (χ1n) is 5.84. The maximum atomic E-state index is 12.2. The summed E-state index contributed by atoms with van der Waals surface area (Å²) >= 11 is 0. The van der Waals surface area contributed by atoms with Gasteiger partial charge >= 0.3 is 6.18 Å². The largest absolute Gasteiger partial charge is 0.412 e. The van der Waals surface area contributed by atoms with Crippen molar-refractivity contribution >= 4 is 6.20 Å². The van der Waals surface area contributed by atoms with Crippen molar-refractivity contribution in [3.8, 4) is 0 Å². The van der Waals surface area contributed by atoms with Gasteiger partial charge in [0.25, 0.3) is 0 Å². The minimum Gasteiger partial charge on any atom is -0.228 e. The third-order valence-electron chi connectivity index (χ3n) is 1.93. The highest BCUT2D eigenvalue weighted by atomic mass is 19.4. The van der Waals surface area contributed by atoms with Gasteiger partial charge in [0.1, 0.15) is 12.7 Å². The Balaban J connectivity index is 0.00000154. The number of rotatable bonds is 3. The highest BCUT2D eigenvalue weighted by Crippen LogP contribution is 2.25. The highest BCUT2D eigenvalue weighted by Gasteiger charge is 2.29. The molecule has 0 atom stereocenters. The van der Waals surface area contributed by atoms with E-state index in [4.69, 9.17) is 0 Å². The van der Waals surface area contributed by atoms with Gasteiger partial charge in [-0.2, -0.15) is 18.3 Å². The highest BCUT2D eigenvalue weighted by molar-refractivity contribution is 5.32. The van der Waals surface area contributed by atoms with Crippen LogP contribution in [-0.4, -0.2) is 20.9 Å². The lowest BCUT2D eigenvalue weighted by molar-refractivity contribution is -0.0913. The third-order valence-corrected chi connectivity index (χ3v) is 1.93. The third kappa shape index (κ3) is 7.23. The second kappa shape index (κ2) is 8.29. The summed E-state index contributed by atoms with van der Waals surface area (Å²) in [5.74, 6) is 0. The first-order chi connectivity index (χ1) is 8.89. The molecule has 19 heavy (non-hydrogen) atoms. The zero-order valence-corrected chi connectivity index (χ0v) is 11.4. The Morgan fingerprint density at radius 1 is 1.21 bits per heavy atom. The Hall–Kier alpha value is -1.85. The van der Waals surface area contributed by atoms with Crippen molar-refractivity contribution in [3.63, 3.8) is 0 Å². The predicted molar refractivity (Wildman–Crippen MR) is 70.3 cm³/mol. The zero-order valence-electron chi connectivity index (χ0n) is 11.4. The lowest BCUT2D eigenvalue weighted by Gasteiger charge is -2.05. The van der Waals surface area contributed by atoms with Crippen LogP contribution in [0.5, 0.6) is 0 Å². The summed E-state index contributed by atoms with van der Waals surface area (Å²) in [6, 6.07) is 0. The van der Waals surface area contributed by atoms with Crippen LogP contribution in [0.3, 0.4) is 0 Å². The van der Waals surface area contributed by atoms with Crippen LogP contribution in [0.25, 0.3) is 6.20 Å². The van der Waals surface area contributed by atoms with E-state index in [-0.39, 0.29) is 0 Å². The molecule has 1 aromatic heterocycles. The molecule has 6 heteroatoms. The SMILES string of the molecule is CC.CC(=C/C=C/n1cncn1)/C=C(\C)C(F)(F)F. The Morgan fingerprint density at radius 3 is 2.32 bits per heavy atom. The second-order valence-corrected chi connectivity index (χ2v) is 3.45. The van der Waals surface area contributed by atoms with Gasteiger partial charge in [0, 0.05) is 11.8 Å². The number of hydrogen-bond donors (Lipinski definition) is 0. The van der Waals surface area contributed by atoms with Gasteiger partial charge in [0.15, 0.2) is 0 Å². The van der Waals surface area contributed by atoms with Crippen molar-refractivity contribution in [1.82, 2.24) is 14.8 Å². The van der Waals surface area contributed by atoms with Gasteiger partial charge in [-0.3, -0.25) is 0 Å². The Bertz CT molecular complexity index is 440. The van der Waals surface area contributed by atoms with Crippen molar-refractivity contribution < 1.29 is 13.2 Å². The Labute approximate surface area is 111 Å². The van der Waals surface area contributed by atoms with Gasteiger partial charge in [-0.1, -0.05) is 31.6 Å². The normalized spacial score (nSPS) is 13.4. The first-order valence-corrected chi connectivity index (χ1v) is 5.84. The molecule has 0 fully saturated rings. The number of hydrogen-bond acceptors (Lipinski definition) is 2. The molecule has 106 valence electrons. The van der Waals surface area contributed by atoms with Crippen molar-refractivity contribution in [2.24, 2.45) is 0 Å². The van der Waals surface area contributed by atoms with E-state index in [9.17, 15) is 13.2 Å². The number of aromatic nitrogens is 3. The van der Waals surface area contributed by atoms with E-state index < -0.39 is 11.7 Å². The minimum atomic E-state index is -4.27. The van der Waals surface area contributed by atoms with E-state index in [0.29, 0.717) is 5.57 Å². The first kappa shape index (κ1) is 17.2. The molecule has 0 aliphatic heterocycles. The predicted octanol–water partition coefficient (Wildman–Crippen LogP) is 4.23. The fraction of sp³-hybridized carbons (Fsp3) is 0.385. The monoisotopic (exact) mass is 273 g/mol. The molecular formula is C13H18F3N3. The van der Waals surface area contributed by atoms with Crippen LogP contribution in [0, 0.1) is 0 Å². The lowest BCUT2D eigenvalue weighted by atomic mass is 10.2. The fourth-order valence-electron chi connectivity index (χ4n) is 1.05. The van der Waals surface area contributed by atoms with Gasteiger partial charge in [-0.05, 0) is 19.9 Å². The molecular weight excluding hydrogens is 255 g/mol. The Morgan fingerprint density at radius 2 is 1.84 bits per heavy atom. The zero-order chi connectivity index (χ0) is 14.9. The van der Waals surface area contributed by atoms with Gasteiger partial charge < -0.3 is 0 Å². The fourth-order valence-corrected chi connectivity index (χ4v) is 1.05. The Kier molecular flexibility index (Phi) is 7.48. The smallest absolute Gasteiger partial charge is 0.228 e.